The first-order valence-electron chi connectivity index (χ1n) is 11.2. The number of aryl methyl sites for hydroxylation is 1. The summed E-state index contributed by atoms with van der Waals surface area (Å²) in [6.07, 6.45) is 11.0. The number of anilines is 1. The van der Waals surface area contributed by atoms with E-state index in [1.165, 1.54) is 12.8 Å². The molecule has 8 heteroatoms. The fourth-order valence-corrected chi connectivity index (χ4v) is 4.20. The number of hydrogen-bond acceptors (Lipinski definition) is 5. The van der Waals surface area contributed by atoms with Gasteiger partial charge < -0.3 is 15.2 Å². The Balaban J connectivity index is 1.37. The summed E-state index contributed by atoms with van der Waals surface area (Å²) in [6.45, 7) is 1.38. The van der Waals surface area contributed by atoms with Gasteiger partial charge in [-0.05, 0) is 19.3 Å². The molecule has 1 aliphatic carbocycles. The van der Waals surface area contributed by atoms with E-state index in [0.29, 0.717) is 23.9 Å². The van der Waals surface area contributed by atoms with Crippen LogP contribution >= 0.6 is 0 Å². The summed E-state index contributed by atoms with van der Waals surface area (Å²) in [6, 6.07) is 14.3. The van der Waals surface area contributed by atoms with Crippen molar-refractivity contribution in [2.75, 3.05) is 11.9 Å². The molecule has 2 N–H and O–H groups in total. The zero-order valence-electron chi connectivity index (χ0n) is 17.9. The van der Waals surface area contributed by atoms with Crippen LogP contribution in [0.25, 0.3) is 16.9 Å². The molecule has 1 saturated carbocycles. The van der Waals surface area contributed by atoms with Crippen molar-refractivity contribution < 1.29 is 4.79 Å². The lowest BCUT2D eigenvalue weighted by atomic mass is 10.1. The van der Waals surface area contributed by atoms with Crippen LogP contribution in [0.1, 0.15) is 42.6 Å². The average Bonchev–Trinajstić information content (AvgIpc) is 3.59. The highest BCUT2D eigenvalue weighted by atomic mass is 16.1. The minimum Gasteiger partial charge on any atom is -0.367 e. The van der Waals surface area contributed by atoms with Crippen LogP contribution in [0, 0.1) is 0 Å². The second-order valence-corrected chi connectivity index (χ2v) is 8.23. The van der Waals surface area contributed by atoms with E-state index in [1.54, 1.807) is 23.1 Å². The first-order valence-corrected chi connectivity index (χ1v) is 11.2. The van der Waals surface area contributed by atoms with E-state index < -0.39 is 0 Å². The summed E-state index contributed by atoms with van der Waals surface area (Å²) in [5, 5.41) is 11.2. The van der Waals surface area contributed by atoms with Gasteiger partial charge in [-0.25, -0.2) is 9.97 Å². The third kappa shape index (κ3) is 4.49. The molecule has 0 saturated heterocycles. The van der Waals surface area contributed by atoms with Crippen molar-refractivity contribution in [2.24, 2.45) is 0 Å². The molecular formula is C24H27N7O. The standard InChI is InChI=1S/C24H27N7O/c32-24(26-11-6-13-30-14-12-25-17-30)21-16-23-28-20(18-7-2-1-3-8-18)15-22(31(23)29-21)27-19-9-4-5-10-19/h1-3,7-8,12,14-17,19,27H,4-6,9-11,13H2,(H,26,32). The van der Waals surface area contributed by atoms with Gasteiger partial charge in [0, 0.05) is 49.2 Å². The smallest absolute Gasteiger partial charge is 0.271 e. The largest absolute Gasteiger partial charge is 0.367 e. The Kier molecular flexibility index (Phi) is 5.83. The molecule has 8 nitrogen and oxygen atoms in total. The van der Waals surface area contributed by atoms with E-state index in [9.17, 15) is 4.79 Å². The van der Waals surface area contributed by atoms with Crippen LogP contribution in [0.4, 0.5) is 5.82 Å². The van der Waals surface area contributed by atoms with Crippen LogP contribution in [0.5, 0.6) is 0 Å². The first-order chi connectivity index (χ1) is 15.8. The Labute approximate surface area is 186 Å². The van der Waals surface area contributed by atoms with Crippen molar-refractivity contribution >= 4 is 17.4 Å². The molecule has 3 aromatic heterocycles. The van der Waals surface area contributed by atoms with Gasteiger partial charge in [0.2, 0.25) is 0 Å². The monoisotopic (exact) mass is 429 g/mol. The Morgan fingerprint density at radius 2 is 1.97 bits per heavy atom. The quantitative estimate of drug-likeness (QED) is 0.416. The van der Waals surface area contributed by atoms with Crippen molar-refractivity contribution in [1.82, 2.24) is 29.5 Å². The molecule has 164 valence electrons. The predicted octanol–water partition coefficient (Wildman–Crippen LogP) is 3.77. The number of carbonyl (C=O) groups excluding carboxylic acids is 1. The van der Waals surface area contributed by atoms with Gasteiger partial charge in [0.15, 0.2) is 11.3 Å². The second kappa shape index (κ2) is 9.21. The second-order valence-electron chi connectivity index (χ2n) is 8.23. The normalized spacial score (nSPS) is 14.1. The number of nitrogens with one attached hydrogen (secondary N) is 2. The van der Waals surface area contributed by atoms with Crippen LogP contribution in [-0.2, 0) is 6.54 Å². The van der Waals surface area contributed by atoms with Crippen molar-refractivity contribution in [3.05, 3.63) is 66.9 Å². The number of imidazole rings is 1. The molecule has 3 heterocycles. The van der Waals surface area contributed by atoms with Crippen molar-refractivity contribution in [3.8, 4) is 11.3 Å². The Morgan fingerprint density at radius 1 is 1.12 bits per heavy atom. The number of aromatic nitrogens is 5. The lowest BCUT2D eigenvalue weighted by molar-refractivity contribution is 0.0947. The number of rotatable bonds is 8. The zero-order valence-corrected chi connectivity index (χ0v) is 17.9. The number of amides is 1. The number of fused-ring (bicyclic) bond motifs is 1. The van der Waals surface area contributed by atoms with E-state index in [2.05, 4.69) is 20.7 Å². The molecule has 1 fully saturated rings. The maximum Gasteiger partial charge on any atom is 0.271 e. The summed E-state index contributed by atoms with van der Waals surface area (Å²) >= 11 is 0. The topological polar surface area (TPSA) is 89.1 Å². The van der Waals surface area contributed by atoms with E-state index in [0.717, 1.165) is 42.9 Å². The number of hydrogen-bond donors (Lipinski definition) is 2. The van der Waals surface area contributed by atoms with Gasteiger partial charge in [-0.1, -0.05) is 43.2 Å². The average molecular weight is 430 g/mol. The van der Waals surface area contributed by atoms with E-state index in [4.69, 9.17) is 4.98 Å². The highest BCUT2D eigenvalue weighted by Gasteiger charge is 2.19. The van der Waals surface area contributed by atoms with Crippen LogP contribution in [0.3, 0.4) is 0 Å². The van der Waals surface area contributed by atoms with Crippen LogP contribution in [0.15, 0.2) is 61.2 Å². The lowest BCUT2D eigenvalue weighted by Crippen LogP contribution is -2.25. The predicted molar refractivity (Wildman–Crippen MR) is 123 cm³/mol. The molecule has 1 aliphatic rings. The van der Waals surface area contributed by atoms with Crippen molar-refractivity contribution in [3.63, 3.8) is 0 Å². The molecule has 4 aromatic rings. The molecule has 32 heavy (non-hydrogen) atoms. The lowest BCUT2D eigenvalue weighted by Gasteiger charge is -2.15. The minimum atomic E-state index is -0.186. The molecular weight excluding hydrogens is 402 g/mol. The van der Waals surface area contributed by atoms with Crippen LogP contribution in [-0.4, -0.2) is 42.6 Å². The van der Waals surface area contributed by atoms with Gasteiger partial charge in [-0.3, -0.25) is 4.79 Å². The maximum absolute atomic E-state index is 12.7. The highest BCUT2D eigenvalue weighted by molar-refractivity contribution is 5.93. The molecule has 0 aliphatic heterocycles. The van der Waals surface area contributed by atoms with E-state index in [-0.39, 0.29) is 5.91 Å². The summed E-state index contributed by atoms with van der Waals surface area (Å²) in [5.74, 6) is 0.689. The van der Waals surface area contributed by atoms with Crippen molar-refractivity contribution in [1.29, 1.82) is 0 Å². The summed E-state index contributed by atoms with van der Waals surface area (Å²) < 4.78 is 3.75. The van der Waals surface area contributed by atoms with Gasteiger partial charge in [-0.15, -0.1) is 0 Å². The molecule has 1 amide bonds. The summed E-state index contributed by atoms with van der Waals surface area (Å²) in [5.41, 5.74) is 2.94. The van der Waals surface area contributed by atoms with Gasteiger partial charge in [0.1, 0.15) is 5.82 Å². The molecule has 0 bridgehead atoms. The molecule has 1 aromatic carbocycles. The fraction of sp³-hybridized carbons (Fsp3) is 0.333. The molecule has 0 atom stereocenters. The zero-order chi connectivity index (χ0) is 21.8. The Morgan fingerprint density at radius 3 is 2.75 bits per heavy atom. The van der Waals surface area contributed by atoms with Crippen molar-refractivity contribution in [2.45, 2.75) is 44.7 Å². The van der Waals surface area contributed by atoms with Gasteiger partial charge in [-0.2, -0.15) is 9.61 Å². The third-order valence-electron chi connectivity index (χ3n) is 5.87. The molecule has 0 spiro atoms. The molecule has 5 rings (SSSR count). The van der Waals surface area contributed by atoms with Gasteiger partial charge in [0.05, 0.1) is 12.0 Å². The Hall–Kier alpha value is -3.68. The van der Waals surface area contributed by atoms with Gasteiger partial charge >= 0.3 is 0 Å². The van der Waals surface area contributed by atoms with E-state index >= 15 is 0 Å². The summed E-state index contributed by atoms with van der Waals surface area (Å²) in [7, 11) is 0. The third-order valence-corrected chi connectivity index (χ3v) is 5.87. The fourth-order valence-electron chi connectivity index (χ4n) is 4.20. The SMILES string of the molecule is O=C(NCCCn1ccnc1)c1cc2nc(-c3ccccc3)cc(NC3CCCC3)n2n1. The first kappa shape index (κ1) is 20.2. The molecule has 0 radical (unpaired) electrons. The Bertz CT molecular complexity index is 1180. The number of nitrogens with zero attached hydrogens (tertiary/aromatic N) is 5. The summed E-state index contributed by atoms with van der Waals surface area (Å²) in [4.78, 5) is 21.5. The highest BCUT2D eigenvalue weighted by Crippen LogP contribution is 2.26. The van der Waals surface area contributed by atoms with E-state index in [1.807, 2.05) is 47.2 Å². The van der Waals surface area contributed by atoms with Gasteiger partial charge in [0.25, 0.3) is 5.91 Å². The number of benzene rings is 1. The number of carbonyl (C=O) groups is 1. The minimum absolute atomic E-state index is 0.186. The van der Waals surface area contributed by atoms with Crippen LogP contribution in [0.2, 0.25) is 0 Å². The van der Waals surface area contributed by atoms with Crippen LogP contribution < -0.4 is 10.6 Å². The molecule has 0 unspecified atom stereocenters. The maximum atomic E-state index is 12.7.